The molecule has 9 nitrogen and oxygen atoms in total. The highest BCUT2D eigenvalue weighted by atomic mass is 32.2. The van der Waals surface area contributed by atoms with Crippen molar-refractivity contribution in [2.24, 2.45) is 0 Å². The van der Waals surface area contributed by atoms with Crippen LogP contribution in [0.1, 0.15) is 41.2 Å². The van der Waals surface area contributed by atoms with Crippen molar-refractivity contribution in [3.63, 3.8) is 0 Å². The highest BCUT2D eigenvalue weighted by Gasteiger charge is 2.30. The average Bonchev–Trinajstić information content (AvgIpc) is 3.07. The van der Waals surface area contributed by atoms with Crippen LogP contribution in [0.15, 0.2) is 45.0 Å². The quantitative estimate of drug-likeness (QED) is 0.456. The van der Waals surface area contributed by atoms with Crippen LogP contribution in [0.3, 0.4) is 0 Å². The van der Waals surface area contributed by atoms with E-state index in [1.807, 2.05) is 26.0 Å². The smallest absolute Gasteiger partial charge is 0.339 e. The predicted octanol–water partition coefficient (Wildman–Crippen LogP) is 3.26. The molecule has 1 atom stereocenters. The van der Waals surface area contributed by atoms with Crippen LogP contribution in [0.2, 0.25) is 0 Å². The summed E-state index contributed by atoms with van der Waals surface area (Å²) in [4.78, 5) is 37.8. The van der Waals surface area contributed by atoms with E-state index in [1.54, 1.807) is 26.0 Å². The first-order valence-corrected chi connectivity index (χ1v) is 11.1. The minimum absolute atomic E-state index is 0.186. The molecule has 1 aliphatic rings. The highest BCUT2D eigenvalue weighted by molar-refractivity contribution is 7.98. The number of carbonyl (C=O) groups is 3. The number of aromatic nitrogens is 1. The van der Waals surface area contributed by atoms with Gasteiger partial charge in [0.25, 0.3) is 0 Å². The molecule has 2 amide bonds. The number of rotatable bonds is 8. The van der Waals surface area contributed by atoms with Gasteiger partial charge in [0.1, 0.15) is 12.4 Å². The Bertz CT molecular complexity index is 1040. The van der Waals surface area contributed by atoms with Crippen molar-refractivity contribution in [2.75, 3.05) is 13.2 Å². The Hall–Kier alpha value is -3.27. The van der Waals surface area contributed by atoms with Crippen LogP contribution in [0, 0.1) is 13.8 Å². The van der Waals surface area contributed by atoms with E-state index in [0.29, 0.717) is 11.3 Å². The zero-order valence-electron chi connectivity index (χ0n) is 18.3. The third kappa shape index (κ3) is 5.31. The van der Waals surface area contributed by atoms with Gasteiger partial charge in [0.2, 0.25) is 0 Å². The Morgan fingerprint density at radius 2 is 1.94 bits per heavy atom. The lowest BCUT2D eigenvalue weighted by atomic mass is 10.0. The Labute approximate surface area is 189 Å². The van der Waals surface area contributed by atoms with E-state index in [9.17, 15) is 14.4 Å². The van der Waals surface area contributed by atoms with E-state index in [0.717, 1.165) is 21.9 Å². The molecule has 0 saturated heterocycles. The first-order valence-electron chi connectivity index (χ1n) is 10.1. The summed E-state index contributed by atoms with van der Waals surface area (Å²) in [5, 5.41) is 9.10. The van der Waals surface area contributed by atoms with Gasteiger partial charge in [0, 0.05) is 16.2 Å². The van der Waals surface area contributed by atoms with E-state index in [1.165, 1.54) is 11.8 Å². The van der Waals surface area contributed by atoms with Gasteiger partial charge >= 0.3 is 18.0 Å². The molecule has 1 aliphatic heterocycles. The molecule has 0 spiro atoms. The molecule has 3 rings (SSSR count). The molecule has 2 heterocycles. The minimum Gasteiger partial charge on any atom is -0.463 e. The van der Waals surface area contributed by atoms with Gasteiger partial charge < -0.3 is 24.6 Å². The topological polar surface area (TPSA) is 120 Å². The molecule has 0 bridgehead atoms. The summed E-state index contributed by atoms with van der Waals surface area (Å²) in [6, 6.07) is 6.03. The van der Waals surface area contributed by atoms with E-state index < -0.39 is 24.0 Å². The van der Waals surface area contributed by atoms with Crippen molar-refractivity contribution >= 4 is 29.7 Å². The van der Waals surface area contributed by atoms with Crippen LogP contribution < -0.4 is 10.6 Å². The second kappa shape index (κ2) is 10.4. The van der Waals surface area contributed by atoms with Crippen molar-refractivity contribution < 1.29 is 28.4 Å². The normalized spacial score (nSPS) is 15.8. The lowest BCUT2D eigenvalue weighted by molar-refractivity contribution is -0.139. The number of benzene rings is 1. The monoisotopic (exact) mass is 459 g/mol. The maximum absolute atomic E-state index is 12.8. The second-order valence-corrected chi connectivity index (χ2v) is 8.11. The summed E-state index contributed by atoms with van der Waals surface area (Å²) < 4.78 is 15.7. The number of nitrogens with one attached hydrogen (secondary N) is 2. The van der Waals surface area contributed by atoms with Crippen molar-refractivity contribution in [3.05, 3.63) is 58.1 Å². The average molecular weight is 460 g/mol. The molecular weight excluding hydrogens is 434 g/mol. The summed E-state index contributed by atoms with van der Waals surface area (Å²) >= 11 is 1.47. The third-order valence-corrected chi connectivity index (χ3v) is 5.97. The van der Waals surface area contributed by atoms with Crippen LogP contribution in [0.25, 0.3) is 0 Å². The zero-order chi connectivity index (χ0) is 23.3. The number of carbonyl (C=O) groups excluding carboxylic acids is 3. The molecule has 32 heavy (non-hydrogen) atoms. The largest absolute Gasteiger partial charge is 0.463 e. The molecule has 10 heteroatoms. The molecule has 2 aromatic rings. The number of urea groups is 1. The van der Waals surface area contributed by atoms with Gasteiger partial charge in [0.15, 0.2) is 0 Å². The number of thioether (sulfide) groups is 1. The van der Waals surface area contributed by atoms with Crippen molar-refractivity contribution in [2.45, 2.75) is 44.4 Å². The van der Waals surface area contributed by atoms with Gasteiger partial charge in [-0.3, -0.25) is 0 Å². The Kier molecular flexibility index (Phi) is 7.57. The lowest BCUT2D eigenvalue weighted by Gasteiger charge is -2.26. The van der Waals surface area contributed by atoms with Crippen molar-refractivity contribution in [1.82, 2.24) is 15.8 Å². The second-order valence-electron chi connectivity index (χ2n) is 7.10. The molecule has 0 fully saturated rings. The molecule has 0 radical (unpaired) electrons. The van der Waals surface area contributed by atoms with Gasteiger partial charge in [-0.2, -0.15) is 0 Å². The van der Waals surface area contributed by atoms with E-state index in [-0.39, 0.29) is 24.5 Å². The fourth-order valence-electron chi connectivity index (χ4n) is 3.23. The van der Waals surface area contributed by atoms with Crippen LogP contribution in [0.5, 0.6) is 0 Å². The number of esters is 2. The van der Waals surface area contributed by atoms with Crippen molar-refractivity contribution in [1.29, 1.82) is 0 Å². The minimum atomic E-state index is -0.575. The fourth-order valence-corrected chi connectivity index (χ4v) is 4.42. The Morgan fingerprint density at radius 1 is 1.19 bits per heavy atom. The molecule has 1 aromatic heterocycles. The van der Waals surface area contributed by atoms with E-state index in [4.69, 9.17) is 14.0 Å². The lowest BCUT2D eigenvalue weighted by Crippen LogP contribution is -2.50. The Balaban J connectivity index is 1.75. The number of hydrogen-bond acceptors (Lipinski definition) is 8. The molecule has 2 N–H and O–H groups in total. The third-order valence-electron chi connectivity index (χ3n) is 4.87. The number of aryl methyl sites for hydroxylation is 2. The molecule has 0 aliphatic carbocycles. The molecule has 1 aromatic carbocycles. The zero-order valence-corrected chi connectivity index (χ0v) is 19.1. The summed E-state index contributed by atoms with van der Waals surface area (Å²) in [5.74, 6) is 0.185. The Morgan fingerprint density at radius 3 is 2.62 bits per heavy atom. The molecular formula is C22H25N3O6S. The van der Waals surface area contributed by atoms with Gasteiger partial charge in [-0.15, -0.1) is 11.8 Å². The molecule has 0 unspecified atom stereocenters. The summed E-state index contributed by atoms with van der Waals surface area (Å²) in [7, 11) is 0. The molecule has 0 saturated carbocycles. The van der Waals surface area contributed by atoms with E-state index >= 15 is 0 Å². The standard InChI is InChI=1S/C22H25N3O6S/c1-5-29-21(27)19-13(3)23-22(28)24-17(19)10-30-20(26)15-8-6-7-9-18(15)32-11-16-12(2)25-31-14(16)4/h6-9,13H,5,10-11H2,1-4H3,(H2,23,24,28)/t13-/m1/s1. The number of ether oxygens (including phenoxy) is 2. The molecule has 170 valence electrons. The van der Waals surface area contributed by atoms with Gasteiger partial charge in [0.05, 0.1) is 35.2 Å². The van der Waals surface area contributed by atoms with Gasteiger partial charge in [-0.05, 0) is 39.8 Å². The first-order chi connectivity index (χ1) is 15.3. The fraction of sp³-hybridized carbons (Fsp3) is 0.364. The van der Waals surface area contributed by atoms with Gasteiger partial charge in [-0.1, -0.05) is 17.3 Å². The van der Waals surface area contributed by atoms with Crippen LogP contribution in [-0.2, 0) is 20.0 Å². The van der Waals surface area contributed by atoms with Crippen molar-refractivity contribution in [3.8, 4) is 0 Å². The van der Waals surface area contributed by atoms with E-state index in [2.05, 4.69) is 15.8 Å². The highest BCUT2D eigenvalue weighted by Crippen LogP contribution is 2.29. The maximum Gasteiger partial charge on any atom is 0.339 e. The SMILES string of the molecule is CCOC(=O)C1=C(COC(=O)c2ccccc2SCc2c(C)noc2C)NC(=O)N[C@@H]1C. The van der Waals surface area contributed by atoms with Gasteiger partial charge in [-0.25, -0.2) is 14.4 Å². The summed E-state index contributed by atoms with van der Waals surface area (Å²) in [6.45, 7) is 6.98. The number of hydrogen-bond donors (Lipinski definition) is 2. The van der Waals surface area contributed by atoms with Crippen LogP contribution in [-0.4, -0.2) is 42.4 Å². The maximum atomic E-state index is 12.8. The first kappa shape index (κ1) is 23.4. The summed E-state index contributed by atoms with van der Waals surface area (Å²) in [6.07, 6.45) is 0. The number of nitrogens with zero attached hydrogens (tertiary/aromatic N) is 1. The van der Waals surface area contributed by atoms with Crippen LogP contribution in [0.4, 0.5) is 4.79 Å². The summed E-state index contributed by atoms with van der Waals surface area (Å²) in [5.41, 5.74) is 2.60. The number of amides is 2. The van der Waals surface area contributed by atoms with Crippen LogP contribution >= 0.6 is 11.8 Å². The predicted molar refractivity (Wildman–Crippen MR) is 117 cm³/mol.